The first-order valence-electron chi connectivity index (χ1n) is 12.4. The van der Waals surface area contributed by atoms with Gasteiger partial charge in [-0.05, 0) is 48.6 Å². The molecular formula is C27H31N5O3. The number of hydrogen-bond donors (Lipinski definition) is 2. The predicted molar refractivity (Wildman–Crippen MR) is 133 cm³/mol. The molecule has 2 aromatic carbocycles. The number of hydrogen-bond acceptors (Lipinski definition) is 6. The fourth-order valence-electron chi connectivity index (χ4n) is 4.78. The number of rotatable bonds is 6. The molecule has 8 heteroatoms. The molecule has 0 radical (unpaired) electrons. The second-order valence-corrected chi connectivity index (χ2v) is 9.21. The summed E-state index contributed by atoms with van der Waals surface area (Å²) in [7, 11) is 0. The van der Waals surface area contributed by atoms with E-state index >= 15 is 0 Å². The van der Waals surface area contributed by atoms with Crippen molar-refractivity contribution in [3.05, 3.63) is 54.2 Å². The number of fused-ring (bicyclic) bond motifs is 1. The van der Waals surface area contributed by atoms with Crippen LogP contribution >= 0.6 is 0 Å². The van der Waals surface area contributed by atoms with Crippen LogP contribution in [0.1, 0.15) is 30.9 Å². The number of aromatic nitrogens is 2. The SMILES string of the molecule is N#CC(Cc1ccc(-c2ccc3cnn(C4CCOCC4)c3c2)cc1)NC(=O)C1CNCCCO1. The molecule has 2 atom stereocenters. The molecule has 0 spiro atoms. The van der Waals surface area contributed by atoms with Gasteiger partial charge < -0.3 is 20.1 Å². The van der Waals surface area contributed by atoms with Gasteiger partial charge in [0.2, 0.25) is 0 Å². The van der Waals surface area contributed by atoms with Gasteiger partial charge in [0, 0.05) is 38.2 Å². The molecule has 5 rings (SSSR count). The van der Waals surface area contributed by atoms with Crippen LogP contribution in [0.4, 0.5) is 0 Å². The number of nitriles is 1. The Morgan fingerprint density at radius 1 is 1.17 bits per heavy atom. The number of carbonyl (C=O) groups is 1. The van der Waals surface area contributed by atoms with Crippen molar-refractivity contribution in [2.24, 2.45) is 0 Å². The van der Waals surface area contributed by atoms with Crippen molar-refractivity contribution in [2.45, 2.75) is 43.9 Å². The highest BCUT2D eigenvalue weighted by Gasteiger charge is 2.23. The van der Waals surface area contributed by atoms with Crippen LogP contribution in [0.2, 0.25) is 0 Å². The van der Waals surface area contributed by atoms with Crippen LogP contribution in [-0.2, 0) is 20.7 Å². The molecular weight excluding hydrogens is 442 g/mol. The Labute approximate surface area is 205 Å². The highest BCUT2D eigenvalue weighted by atomic mass is 16.5. The van der Waals surface area contributed by atoms with Crippen molar-refractivity contribution in [2.75, 3.05) is 32.9 Å². The lowest BCUT2D eigenvalue weighted by atomic mass is 10.00. The molecule has 1 amide bonds. The molecule has 8 nitrogen and oxygen atoms in total. The van der Waals surface area contributed by atoms with Crippen molar-refractivity contribution >= 4 is 16.8 Å². The Balaban J connectivity index is 1.26. The molecule has 35 heavy (non-hydrogen) atoms. The third kappa shape index (κ3) is 5.54. The standard InChI is InChI=1S/C27H31N5O3/c28-16-23(31-27(33)26-18-29-10-1-11-35-26)14-19-2-4-20(5-3-19)21-6-7-22-17-30-32(25(22)15-21)24-8-12-34-13-9-24/h2-7,15,17,23-24,26,29H,1,8-14,18H2,(H,31,33). The fourth-order valence-corrected chi connectivity index (χ4v) is 4.78. The van der Waals surface area contributed by atoms with E-state index in [-0.39, 0.29) is 5.91 Å². The maximum Gasteiger partial charge on any atom is 0.251 e. The average Bonchev–Trinajstić information content (AvgIpc) is 3.13. The summed E-state index contributed by atoms with van der Waals surface area (Å²) >= 11 is 0. The number of benzene rings is 2. The number of ether oxygens (including phenoxy) is 2. The minimum absolute atomic E-state index is 0.239. The molecule has 2 unspecified atom stereocenters. The summed E-state index contributed by atoms with van der Waals surface area (Å²) in [5, 5.41) is 21.4. The normalized spacial score (nSPS) is 20.1. The van der Waals surface area contributed by atoms with Crippen LogP contribution in [0.5, 0.6) is 0 Å². The van der Waals surface area contributed by atoms with E-state index in [9.17, 15) is 10.1 Å². The zero-order valence-corrected chi connectivity index (χ0v) is 19.8. The molecule has 1 aromatic heterocycles. The lowest BCUT2D eigenvalue weighted by Crippen LogP contribution is -2.46. The Hall–Kier alpha value is -3.25. The Kier molecular flexibility index (Phi) is 7.38. The van der Waals surface area contributed by atoms with E-state index in [1.165, 1.54) is 0 Å². The summed E-state index contributed by atoms with van der Waals surface area (Å²) in [4.78, 5) is 12.5. The van der Waals surface area contributed by atoms with Crippen molar-refractivity contribution in [1.82, 2.24) is 20.4 Å². The van der Waals surface area contributed by atoms with E-state index in [1.807, 2.05) is 18.3 Å². The highest BCUT2D eigenvalue weighted by molar-refractivity contribution is 5.84. The van der Waals surface area contributed by atoms with Gasteiger partial charge in [0.15, 0.2) is 0 Å². The summed E-state index contributed by atoms with van der Waals surface area (Å²) < 4.78 is 13.3. The van der Waals surface area contributed by atoms with Crippen molar-refractivity contribution in [3.63, 3.8) is 0 Å². The molecule has 0 saturated carbocycles. The number of nitrogens with zero attached hydrogens (tertiary/aromatic N) is 3. The average molecular weight is 474 g/mol. The molecule has 0 aliphatic carbocycles. The van der Waals surface area contributed by atoms with Crippen LogP contribution < -0.4 is 10.6 Å². The molecule has 2 fully saturated rings. The first-order valence-corrected chi connectivity index (χ1v) is 12.4. The van der Waals surface area contributed by atoms with Gasteiger partial charge in [-0.15, -0.1) is 0 Å². The van der Waals surface area contributed by atoms with Gasteiger partial charge in [0.1, 0.15) is 12.1 Å². The van der Waals surface area contributed by atoms with Gasteiger partial charge in [0.25, 0.3) is 5.91 Å². The quantitative estimate of drug-likeness (QED) is 0.571. The molecule has 3 aromatic rings. The largest absolute Gasteiger partial charge is 0.381 e. The van der Waals surface area contributed by atoms with E-state index in [2.05, 4.69) is 56.8 Å². The Morgan fingerprint density at radius 3 is 2.77 bits per heavy atom. The first-order chi connectivity index (χ1) is 17.2. The minimum atomic E-state index is -0.606. The van der Waals surface area contributed by atoms with E-state index < -0.39 is 12.1 Å². The van der Waals surface area contributed by atoms with Crippen LogP contribution in [0.15, 0.2) is 48.7 Å². The third-order valence-corrected chi connectivity index (χ3v) is 6.77. The van der Waals surface area contributed by atoms with E-state index in [4.69, 9.17) is 9.47 Å². The van der Waals surface area contributed by atoms with E-state index in [0.717, 1.165) is 66.6 Å². The third-order valence-electron chi connectivity index (χ3n) is 6.77. The van der Waals surface area contributed by atoms with E-state index in [1.54, 1.807) is 0 Å². The van der Waals surface area contributed by atoms with Gasteiger partial charge in [0.05, 0.1) is 23.8 Å². The summed E-state index contributed by atoms with van der Waals surface area (Å²) in [5.74, 6) is -0.239. The van der Waals surface area contributed by atoms with Gasteiger partial charge in [-0.1, -0.05) is 36.4 Å². The zero-order chi connectivity index (χ0) is 24.0. The Morgan fingerprint density at radius 2 is 1.97 bits per heavy atom. The van der Waals surface area contributed by atoms with Gasteiger partial charge in [-0.3, -0.25) is 9.48 Å². The predicted octanol–water partition coefficient (Wildman–Crippen LogP) is 2.98. The van der Waals surface area contributed by atoms with Gasteiger partial charge in [-0.25, -0.2) is 0 Å². The zero-order valence-electron chi connectivity index (χ0n) is 19.8. The van der Waals surface area contributed by atoms with Crippen molar-refractivity contribution in [3.8, 4) is 17.2 Å². The lowest BCUT2D eigenvalue weighted by Gasteiger charge is -2.23. The monoisotopic (exact) mass is 473 g/mol. The van der Waals surface area contributed by atoms with Gasteiger partial charge in [-0.2, -0.15) is 10.4 Å². The smallest absolute Gasteiger partial charge is 0.251 e. The van der Waals surface area contributed by atoms with Crippen LogP contribution in [0.25, 0.3) is 22.0 Å². The number of nitrogens with one attached hydrogen (secondary N) is 2. The lowest BCUT2D eigenvalue weighted by molar-refractivity contribution is -0.132. The number of carbonyl (C=O) groups excluding carboxylic acids is 1. The van der Waals surface area contributed by atoms with Crippen molar-refractivity contribution < 1.29 is 14.3 Å². The fraction of sp³-hybridized carbons (Fsp3) is 0.444. The maximum atomic E-state index is 12.5. The van der Waals surface area contributed by atoms with Crippen LogP contribution in [0, 0.1) is 11.3 Å². The van der Waals surface area contributed by atoms with Crippen LogP contribution in [0.3, 0.4) is 0 Å². The maximum absolute atomic E-state index is 12.5. The minimum Gasteiger partial charge on any atom is -0.381 e. The van der Waals surface area contributed by atoms with Gasteiger partial charge >= 0.3 is 0 Å². The Bertz CT molecular complexity index is 1190. The highest BCUT2D eigenvalue weighted by Crippen LogP contribution is 2.29. The summed E-state index contributed by atoms with van der Waals surface area (Å²) in [5.41, 5.74) is 4.36. The van der Waals surface area contributed by atoms with Crippen molar-refractivity contribution in [1.29, 1.82) is 5.26 Å². The summed E-state index contributed by atoms with van der Waals surface area (Å²) in [6.45, 7) is 3.41. The molecule has 182 valence electrons. The molecule has 0 bridgehead atoms. The van der Waals surface area contributed by atoms with E-state index in [0.29, 0.717) is 25.6 Å². The topological polar surface area (TPSA) is 101 Å². The second-order valence-electron chi connectivity index (χ2n) is 9.21. The molecule has 2 aliphatic rings. The molecule has 2 N–H and O–H groups in total. The second kappa shape index (κ2) is 11.0. The summed E-state index contributed by atoms with van der Waals surface area (Å²) in [6, 6.07) is 16.6. The molecule has 3 heterocycles. The number of amides is 1. The molecule has 2 aliphatic heterocycles. The molecule has 2 saturated heterocycles. The first kappa shape index (κ1) is 23.5. The van der Waals surface area contributed by atoms with Crippen LogP contribution in [-0.4, -0.2) is 60.7 Å². The summed E-state index contributed by atoms with van der Waals surface area (Å²) in [6.07, 6.45) is 4.66.